The fourth-order valence-corrected chi connectivity index (χ4v) is 6.83. The first-order chi connectivity index (χ1) is 21.5. The SMILES string of the molecule is CC(C)(C)C1=CC(=C(c2cc(C(C)(C)C)c(O)c3ccccc23)c2cc(C(C)(C)C)c(O)c3ccccc23)c2ccccc2C1=O. The number of allylic oxidation sites excluding steroid dienone is 3. The smallest absolute Gasteiger partial charge is 0.190 e. The summed E-state index contributed by atoms with van der Waals surface area (Å²) < 4.78 is 0. The number of fused-ring (bicyclic) bond motifs is 3. The zero-order chi connectivity index (χ0) is 33.3. The van der Waals surface area contributed by atoms with Crippen LogP contribution in [0.25, 0.3) is 32.7 Å². The molecule has 0 saturated carbocycles. The van der Waals surface area contributed by atoms with Crippen LogP contribution in [0.1, 0.15) is 100 Å². The van der Waals surface area contributed by atoms with Crippen LogP contribution in [0, 0.1) is 5.41 Å². The highest BCUT2D eigenvalue weighted by Gasteiger charge is 2.34. The Balaban J connectivity index is 1.94. The highest BCUT2D eigenvalue weighted by atomic mass is 16.3. The summed E-state index contributed by atoms with van der Waals surface area (Å²) in [5.74, 6) is 0.614. The first-order valence-electron chi connectivity index (χ1n) is 16.1. The average Bonchev–Trinajstić information content (AvgIpc) is 2.98. The molecule has 0 atom stereocenters. The van der Waals surface area contributed by atoms with Gasteiger partial charge in [-0.25, -0.2) is 0 Å². The Bertz CT molecular complexity index is 2010. The van der Waals surface area contributed by atoms with E-state index in [4.69, 9.17) is 0 Å². The van der Waals surface area contributed by atoms with Gasteiger partial charge >= 0.3 is 0 Å². The number of hydrogen-bond donors (Lipinski definition) is 2. The Labute approximate surface area is 272 Å². The zero-order valence-corrected chi connectivity index (χ0v) is 28.5. The van der Waals surface area contributed by atoms with Crippen LogP contribution in [0.15, 0.2) is 96.6 Å². The van der Waals surface area contributed by atoms with Crippen LogP contribution in [0.4, 0.5) is 0 Å². The number of ketones is 1. The molecule has 234 valence electrons. The fourth-order valence-electron chi connectivity index (χ4n) is 6.83. The first-order valence-corrected chi connectivity index (χ1v) is 16.1. The molecule has 2 N–H and O–H groups in total. The summed E-state index contributed by atoms with van der Waals surface area (Å²) in [6.07, 6.45) is 2.09. The quantitative estimate of drug-likeness (QED) is 0.210. The highest BCUT2D eigenvalue weighted by Crippen LogP contribution is 2.50. The van der Waals surface area contributed by atoms with Crippen molar-refractivity contribution in [3.8, 4) is 11.5 Å². The maximum atomic E-state index is 14.0. The maximum Gasteiger partial charge on any atom is 0.190 e. The molecule has 0 fully saturated rings. The van der Waals surface area contributed by atoms with Gasteiger partial charge in [-0.3, -0.25) is 4.79 Å². The lowest BCUT2D eigenvalue weighted by Crippen LogP contribution is -2.22. The van der Waals surface area contributed by atoms with Gasteiger partial charge in [0, 0.05) is 33.0 Å². The van der Waals surface area contributed by atoms with Crippen molar-refractivity contribution in [1.29, 1.82) is 0 Å². The van der Waals surface area contributed by atoms with Crippen LogP contribution in [-0.2, 0) is 10.8 Å². The summed E-state index contributed by atoms with van der Waals surface area (Å²) in [7, 11) is 0. The molecule has 5 aromatic carbocycles. The minimum atomic E-state index is -0.401. The van der Waals surface area contributed by atoms with Crippen LogP contribution in [0.2, 0.25) is 0 Å². The Morgan fingerprint density at radius 3 is 1.33 bits per heavy atom. The highest BCUT2D eigenvalue weighted by molar-refractivity contribution is 6.22. The molecule has 3 heteroatoms. The van der Waals surface area contributed by atoms with Gasteiger partial charge in [0.1, 0.15) is 11.5 Å². The lowest BCUT2D eigenvalue weighted by atomic mass is 9.72. The van der Waals surface area contributed by atoms with Gasteiger partial charge in [-0.15, -0.1) is 0 Å². The van der Waals surface area contributed by atoms with E-state index in [1.807, 2.05) is 60.7 Å². The minimum Gasteiger partial charge on any atom is -0.507 e. The van der Waals surface area contributed by atoms with Crippen molar-refractivity contribution in [2.45, 2.75) is 73.1 Å². The van der Waals surface area contributed by atoms with E-state index < -0.39 is 5.41 Å². The van der Waals surface area contributed by atoms with Gasteiger partial charge in [-0.1, -0.05) is 135 Å². The lowest BCUT2D eigenvalue weighted by Gasteiger charge is -2.31. The summed E-state index contributed by atoms with van der Waals surface area (Å²) in [5, 5.41) is 26.7. The van der Waals surface area contributed by atoms with E-state index in [1.165, 1.54) is 0 Å². The van der Waals surface area contributed by atoms with Crippen molar-refractivity contribution >= 4 is 38.5 Å². The first kappa shape index (κ1) is 31.4. The predicted molar refractivity (Wildman–Crippen MR) is 193 cm³/mol. The molecule has 0 saturated heterocycles. The molecule has 0 spiro atoms. The number of benzene rings is 5. The lowest BCUT2D eigenvalue weighted by molar-refractivity contribution is 0.101. The van der Waals surface area contributed by atoms with E-state index in [1.54, 1.807) is 0 Å². The van der Waals surface area contributed by atoms with E-state index in [0.29, 0.717) is 5.56 Å². The van der Waals surface area contributed by atoms with Crippen LogP contribution in [0.5, 0.6) is 11.5 Å². The molecule has 0 unspecified atom stereocenters. The van der Waals surface area contributed by atoms with Crippen LogP contribution in [0.3, 0.4) is 0 Å². The van der Waals surface area contributed by atoms with Gasteiger partial charge in [0.15, 0.2) is 5.78 Å². The fraction of sp³-hybridized carbons (Fsp3) is 0.279. The normalized spacial score (nSPS) is 14.1. The molecule has 0 aliphatic heterocycles. The van der Waals surface area contributed by atoms with Gasteiger partial charge in [-0.2, -0.15) is 0 Å². The molecule has 0 bridgehead atoms. The van der Waals surface area contributed by atoms with E-state index in [0.717, 1.165) is 66.1 Å². The Morgan fingerprint density at radius 1 is 0.522 bits per heavy atom. The molecule has 46 heavy (non-hydrogen) atoms. The summed E-state index contributed by atoms with van der Waals surface area (Å²) >= 11 is 0. The van der Waals surface area contributed by atoms with Gasteiger partial charge in [0.2, 0.25) is 0 Å². The van der Waals surface area contributed by atoms with Gasteiger partial charge < -0.3 is 10.2 Å². The number of hydrogen-bond acceptors (Lipinski definition) is 3. The van der Waals surface area contributed by atoms with E-state index in [9.17, 15) is 15.0 Å². The third-order valence-electron chi connectivity index (χ3n) is 9.26. The van der Waals surface area contributed by atoms with Crippen LogP contribution >= 0.6 is 0 Å². The van der Waals surface area contributed by atoms with E-state index in [-0.39, 0.29) is 28.1 Å². The molecule has 3 nitrogen and oxygen atoms in total. The number of aromatic hydroxyl groups is 2. The second-order valence-electron chi connectivity index (χ2n) is 15.7. The number of rotatable bonds is 2. The Morgan fingerprint density at radius 2 is 0.913 bits per heavy atom. The third-order valence-corrected chi connectivity index (χ3v) is 9.26. The van der Waals surface area contributed by atoms with Gasteiger partial charge in [0.25, 0.3) is 0 Å². The van der Waals surface area contributed by atoms with E-state index in [2.05, 4.69) is 92.7 Å². The third kappa shape index (κ3) is 5.12. The number of phenolic OH excluding ortho intramolecular Hbond substituents is 2. The standard InChI is InChI=1S/C43H44O3/c1-41(2,3)34-22-31(25-16-10-13-19-28(25)38(34)44)37(32-23-35(42(4,5)6)39(45)29-20-14-11-17-26(29)32)33-24-36(43(7,8)9)40(46)30-21-15-12-18-27(30)33/h10-24,44-45H,1-9H3. The van der Waals surface area contributed by atoms with Gasteiger partial charge in [-0.05, 0) is 73.1 Å². The molecule has 1 aliphatic carbocycles. The molecule has 6 rings (SSSR count). The van der Waals surface area contributed by atoms with E-state index >= 15 is 0 Å². The molecule has 1 aliphatic rings. The van der Waals surface area contributed by atoms with Crippen molar-refractivity contribution in [2.24, 2.45) is 5.41 Å². The second-order valence-corrected chi connectivity index (χ2v) is 15.7. The number of Topliss-reactive ketones (excluding diaryl/α,β-unsaturated/α-hetero) is 1. The molecule has 0 aromatic heterocycles. The van der Waals surface area contributed by atoms with Crippen LogP contribution < -0.4 is 0 Å². The van der Waals surface area contributed by atoms with Crippen molar-refractivity contribution in [1.82, 2.24) is 0 Å². The molecule has 0 amide bonds. The largest absolute Gasteiger partial charge is 0.507 e. The molecule has 5 aromatic rings. The molecule has 0 radical (unpaired) electrons. The molecule has 0 heterocycles. The number of carbonyl (C=O) groups excluding carboxylic acids is 1. The zero-order valence-electron chi connectivity index (χ0n) is 28.5. The van der Waals surface area contributed by atoms with Crippen molar-refractivity contribution in [2.75, 3.05) is 0 Å². The monoisotopic (exact) mass is 608 g/mol. The topological polar surface area (TPSA) is 57.5 Å². The maximum absolute atomic E-state index is 14.0. The van der Waals surface area contributed by atoms with Crippen LogP contribution in [-0.4, -0.2) is 16.0 Å². The minimum absolute atomic E-state index is 0.0445. The predicted octanol–water partition coefficient (Wildman–Crippen LogP) is 11.1. The second kappa shape index (κ2) is 10.7. The summed E-state index contributed by atoms with van der Waals surface area (Å²) in [4.78, 5) is 14.0. The number of carbonyl (C=O) groups is 1. The van der Waals surface area contributed by atoms with Crippen molar-refractivity contribution in [3.05, 3.63) is 130 Å². The molecular weight excluding hydrogens is 564 g/mol. The van der Waals surface area contributed by atoms with Crippen molar-refractivity contribution in [3.63, 3.8) is 0 Å². The van der Waals surface area contributed by atoms with Crippen molar-refractivity contribution < 1.29 is 15.0 Å². The summed E-state index contributed by atoms with van der Waals surface area (Å²) in [5.41, 5.74) is 6.75. The average molecular weight is 609 g/mol. The Hall–Kier alpha value is -4.63. The van der Waals surface area contributed by atoms with Gasteiger partial charge in [0.05, 0.1) is 0 Å². The number of phenols is 2. The summed E-state index contributed by atoms with van der Waals surface area (Å²) in [6.45, 7) is 19.0. The Kier molecular flexibility index (Phi) is 7.31. The molecular formula is C43H44O3. The summed E-state index contributed by atoms with van der Waals surface area (Å²) in [6, 6.07) is 28.2.